The molecular formula is C27H36N4O2. The maximum atomic E-state index is 12.6. The molecule has 176 valence electrons. The first kappa shape index (κ1) is 26.0. The average Bonchev–Trinajstić information content (AvgIpc) is 2.80. The first-order chi connectivity index (χ1) is 15.9. The molecule has 6 heteroatoms. The van der Waals surface area contributed by atoms with E-state index in [2.05, 4.69) is 20.6 Å². The van der Waals surface area contributed by atoms with Gasteiger partial charge in [0.15, 0.2) is 0 Å². The van der Waals surface area contributed by atoms with Crippen LogP contribution >= 0.6 is 0 Å². The van der Waals surface area contributed by atoms with Gasteiger partial charge < -0.3 is 10.6 Å². The van der Waals surface area contributed by atoms with Crippen molar-refractivity contribution in [3.8, 4) is 0 Å². The first-order valence-electron chi connectivity index (χ1n) is 11.6. The Kier molecular flexibility index (Phi) is 11.0. The van der Waals surface area contributed by atoms with Crippen molar-refractivity contribution in [2.45, 2.75) is 46.2 Å². The number of aliphatic imine (C=N–C) groups is 2. The van der Waals surface area contributed by atoms with Gasteiger partial charge in [-0.15, -0.1) is 0 Å². The molecule has 0 aliphatic carbocycles. The monoisotopic (exact) mass is 448 g/mol. The highest BCUT2D eigenvalue weighted by Gasteiger charge is 2.21. The van der Waals surface area contributed by atoms with Crippen molar-refractivity contribution in [3.63, 3.8) is 0 Å². The van der Waals surface area contributed by atoms with Crippen molar-refractivity contribution >= 4 is 24.2 Å². The largest absolute Gasteiger partial charge is 0.354 e. The van der Waals surface area contributed by atoms with E-state index in [-0.39, 0.29) is 23.7 Å². The smallest absolute Gasteiger partial charge is 0.245 e. The van der Waals surface area contributed by atoms with Gasteiger partial charge in [-0.3, -0.25) is 19.6 Å². The molecule has 0 fully saturated rings. The van der Waals surface area contributed by atoms with Crippen LogP contribution in [0.4, 0.5) is 0 Å². The number of nitrogens with one attached hydrogen (secondary N) is 2. The quantitative estimate of drug-likeness (QED) is 0.381. The third kappa shape index (κ3) is 9.39. The summed E-state index contributed by atoms with van der Waals surface area (Å²) in [6.07, 6.45) is 4.12. The third-order valence-corrected chi connectivity index (χ3v) is 5.12. The molecule has 2 atom stereocenters. The van der Waals surface area contributed by atoms with E-state index in [0.29, 0.717) is 19.5 Å². The molecule has 2 aromatic rings. The van der Waals surface area contributed by atoms with Crippen molar-refractivity contribution in [3.05, 3.63) is 71.8 Å². The molecule has 0 heterocycles. The molecule has 0 aliphatic heterocycles. The number of carbonyl (C=O) groups excluding carboxylic acids is 2. The molecule has 0 spiro atoms. The minimum Gasteiger partial charge on any atom is -0.354 e. The highest BCUT2D eigenvalue weighted by molar-refractivity contribution is 5.87. The van der Waals surface area contributed by atoms with Gasteiger partial charge in [-0.2, -0.15) is 0 Å². The predicted octanol–water partition coefficient (Wildman–Crippen LogP) is 3.90. The first-order valence-corrected chi connectivity index (χ1v) is 11.6. The normalized spacial score (nSPS) is 13.5. The number of rotatable bonds is 12. The molecule has 2 aromatic carbocycles. The molecule has 0 saturated heterocycles. The zero-order valence-corrected chi connectivity index (χ0v) is 20.1. The molecule has 0 bridgehead atoms. The number of hydrogen-bond acceptors (Lipinski definition) is 4. The number of hydrogen-bond donors (Lipinski definition) is 2. The van der Waals surface area contributed by atoms with Crippen LogP contribution < -0.4 is 10.6 Å². The van der Waals surface area contributed by atoms with Crippen molar-refractivity contribution in [2.24, 2.45) is 21.8 Å². The van der Waals surface area contributed by atoms with E-state index in [0.717, 1.165) is 11.1 Å². The lowest BCUT2D eigenvalue weighted by Crippen LogP contribution is -2.40. The molecule has 0 aliphatic rings. The van der Waals surface area contributed by atoms with E-state index in [1.54, 1.807) is 12.4 Å². The van der Waals surface area contributed by atoms with E-state index >= 15 is 0 Å². The second-order valence-electron chi connectivity index (χ2n) is 8.69. The summed E-state index contributed by atoms with van der Waals surface area (Å²) in [5.41, 5.74) is 1.93. The third-order valence-electron chi connectivity index (χ3n) is 5.12. The van der Waals surface area contributed by atoms with Crippen molar-refractivity contribution in [1.29, 1.82) is 0 Å². The van der Waals surface area contributed by atoms with Crippen LogP contribution in [0.25, 0.3) is 0 Å². The fourth-order valence-corrected chi connectivity index (χ4v) is 3.22. The van der Waals surface area contributed by atoms with Crippen LogP contribution in [0, 0.1) is 11.8 Å². The minimum absolute atomic E-state index is 0.0824. The molecule has 2 N–H and O–H groups in total. The van der Waals surface area contributed by atoms with Gasteiger partial charge >= 0.3 is 0 Å². The standard InChI is InChI=1S/C27H36N4O2/c1-20(2)24(30-18-22-12-7-5-8-13-22)26(32)28-16-11-17-29-27(33)25(21(3)4)31-19-23-14-9-6-10-15-23/h5-10,12-15,18-21,24-25H,11,16-17H2,1-4H3,(H,28,32)(H,29,33)/t24-,25-/m0/s1. The molecule has 2 rings (SSSR count). The predicted molar refractivity (Wildman–Crippen MR) is 136 cm³/mol. The van der Waals surface area contributed by atoms with Crippen LogP contribution in [0.3, 0.4) is 0 Å². The number of benzene rings is 2. The minimum atomic E-state index is -0.447. The van der Waals surface area contributed by atoms with Gasteiger partial charge in [-0.25, -0.2) is 0 Å². The summed E-state index contributed by atoms with van der Waals surface area (Å²) in [5, 5.41) is 5.88. The Morgan fingerprint density at radius 1 is 0.697 bits per heavy atom. The Bertz CT molecular complexity index is 833. The lowest BCUT2D eigenvalue weighted by molar-refractivity contribution is -0.123. The van der Waals surface area contributed by atoms with Gasteiger partial charge in [-0.05, 0) is 29.4 Å². The topological polar surface area (TPSA) is 82.9 Å². The molecule has 0 aromatic heterocycles. The lowest BCUT2D eigenvalue weighted by atomic mass is 10.0. The van der Waals surface area contributed by atoms with Crippen LogP contribution in [-0.4, -0.2) is 49.4 Å². The molecule has 6 nitrogen and oxygen atoms in total. The van der Waals surface area contributed by atoms with Crippen molar-refractivity contribution < 1.29 is 9.59 Å². The molecule has 33 heavy (non-hydrogen) atoms. The molecule has 0 saturated carbocycles. The molecule has 0 radical (unpaired) electrons. The number of amides is 2. The molecule has 0 unspecified atom stereocenters. The lowest BCUT2D eigenvalue weighted by Gasteiger charge is -2.17. The Morgan fingerprint density at radius 2 is 1.06 bits per heavy atom. The van der Waals surface area contributed by atoms with E-state index in [4.69, 9.17) is 0 Å². The zero-order chi connectivity index (χ0) is 24.1. The summed E-state index contributed by atoms with van der Waals surface area (Å²) in [5.74, 6) is -0.0371. The van der Waals surface area contributed by atoms with Gasteiger partial charge in [-0.1, -0.05) is 88.4 Å². The van der Waals surface area contributed by atoms with Crippen molar-refractivity contribution in [2.75, 3.05) is 13.1 Å². The number of carbonyl (C=O) groups is 2. The van der Waals surface area contributed by atoms with E-state index in [1.807, 2.05) is 88.4 Å². The van der Waals surface area contributed by atoms with Crippen LogP contribution in [0.5, 0.6) is 0 Å². The summed E-state index contributed by atoms with van der Waals surface area (Å²) in [6.45, 7) is 8.87. The Labute approximate surface area is 197 Å². The average molecular weight is 449 g/mol. The molecular weight excluding hydrogens is 412 g/mol. The van der Waals surface area contributed by atoms with E-state index < -0.39 is 12.1 Å². The second kappa shape index (κ2) is 14.0. The maximum absolute atomic E-state index is 12.6. The highest BCUT2D eigenvalue weighted by Crippen LogP contribution is 2.09. The summed E-state index contributed by atoms with van der Waals surface area (Å²) < 4.78 is 0. The highest BCUT2D eigenvalue weighted by atomic mass is 16.2. The summed E-state index contributed by atoms with van der Waals surface area (Å²) in [4.78, 5) is 34.1. The molecule has 2 amide bonds. The fraction of sp³-hybridized carbons (Fsp3) is 0.407. The Balaban J connectivity index is 1.78. The van der Waals surface area contributed by atoms with Crippen LogP contribution in [0.2, 0.25) is 0 Å². The second-order valence-corrected chi connectivity index (χ2v) is 8.69. The van der Waals surface area contributed by atoms with Crippen LogP contribution in [0.1, 0.15) is 45.2 Å². The SMILES string of the molecule is CC(C)[C@H](N=Cc1ccccc1)C(=O)NCCCNC(=O)[C@@H](N=Cc1ccccc1)C(C)C. The summed E-state index contributed by atoms with van der Waals surface area (Å²) >= 11 is 0. The fourth-order valence-electron chi connectivity index (χ4n) is 3.22. The van der Waals surface area contributed by atoms with Gasteiger partial charge in [0.2, 0.25) is 11.8 Å². The van der Waals surface area contributed by atoms with E-state index in [1.165, 1.54) is 0 Å². The summed E-state index contributed by atoms with van der Waals surface area (Å²) in [7, 11) is 0. The van der Waals surface area contributed by atoms with Gasteiger partial charge in [0.05, 0.1) is 0 Å². The van der Waals surface area contributed by atoms with Crippen molar-refractivity contribution in [1.82, 2.24) is 10.6 Å². The van der Waals surface area contributed by atoms with E-state index in [9.17, 15) is 9.59 Å². The number of nitrogens with zero attached hydrogens (tertiary/aromatic N) is 2. The summed E-state index contributed by atoms with van der Waals surface area (Å²) in [6, 6.07) is 18.6. The Morgan fingerprint density at radius 3 is 1.39 bits per heavy atom. The van der Waals surface area contributed by atoms with Gasteiger partial charge in [0, 0.05) is 25.5 Å². The van der Waals surface area contributed by atoms with Gasteiger partial charge in [0.25, 0.3) is 0 Å². The van der Waals surface area contributed by atoms with Crippen LogP contribution in [-0.2, 0) is 9.59 Å². The van der Waals surface area contributed by atoms with Gasteiger partial charge in [0.1, 0.15) is 12.1 Å². The Hall–Kier alpha value is -3.28. The van der Waals surface area contributed by atoms with Crippen LogP contribution in [0.15, 0.2) is 70.6 Å². The maximum Gasteiger partial charge on any atom is 0.245 e. The zero-order valence-electron chi connectivity index (χ0n) is 20.1.